The second-order valence-corrected chi connectivity index (χ2v) is 7.97. The van der Waals surface area contributed by atoms with Crippen molar-refractivity contribution in [3.8, 4) is 11.5 Å². The third kappa shape index (κ3) is 5.59. The molecule has 0 unspecified atom stereocenters. The van der Waals surface area contributed by atoms with Crippen LogP contribution in [0.15, 0.2) is 87.4 Å². The number of benzene rings is 3. The molecule has 2 N–H and O–H groups in total. The maximum Gasteiger partial charge on any atom is 0.335 e. The molecule has 0 aliphatic carbocycles. The number of hydrogen-bond donors (Lipinski definition) is 2. The predicted octanol–water partition coefficient (Wildman–Crippen LogP) is 3.78. The Morgan fingerprint density at radius 1 is 1.00 bits per heavy atom. The fraction of sp³-hybridized carbons (Fsp3) is 0.120. The van der Waals surface area contributed by atoms with Gasteiger partial charge < -0.3 is 9.84 Å². The summed E-state index contributed by atoms with van der Waals surface area (Å²) >= 11 is 5.96. The minimum atomic E-state index is -1.05. The van der Waals surface area contributed by atoms with Crippen LogP contribution in [0, 0.1) is 0 Å². The lowest BCUT2D eigenvalue weighted by Crippen LogP contribution is -2.49. The van der Waals surface area contributed by atoms with Crippen molar-refractivity contribution in [3.05, 3.63) is 116 Å². The van der Waals surface area contributed by atoms with Crippen LogP contribution < -0.4 is 21.7 Å². The molecule has 35 heavy (non-hydrogen) atoms. The van der Waals surface area contributed by atoms with E-state index in [1.807, 2.05) is 0 Å². The van der Waals surface area contributed by atoms with Gasteiger partial charge in [-0.2, -0.15) is 0 Å². The minimum absolute atomic E-state index is 0.0995. The molecule has 0 bridgehead atoms. The van der Waals surface area contributed by atoms with Gasteiger partial charge in [-0.05, 0) is 67.1 Å². The first-order valence-corrected chi connectivity index (χ1v) is 11.1. The fourth-order valence-corrected chi connectivity index (χ4v) is 3.50. The molecule has 9 nitrogen and oxygen atoms in total. The van der Waals surface area contributed by atoms with Crippen molar-refractivity contribution >= 4 is 23.3 Å². The van der Waals surface area contributed by atoms with E-state index >= 15 is 0 Å². The van der Waals surface area contributed by atoms with E-state index in [1.165, 1.54) is 16.7 Å². The minimum Gasteiger partial charge on any atom is -0.478 e. The lowest BCUT2D eigenvalue weighted by atomic mass is 10.2. The number of carboxylic acids is 1. The molecule has 10 heteroatoms. The molecule has 0 saturated heterocycles. The smallest absolute Gasteiger partial charge is 0.335 e. The van der Waals surface area contributed by atoms with E-state index in [4.69, 9.17) is 21.4 Å². The molecule has 0 saturated carbocycles. The third-order valence-corrected chi connectivity index (χ3v) is 5.39. The number of carboxylic acid groups (broad SMARTS) is 1. The number of nitrogens with zero attached hydrogens (tertiary/aromatic N) is 3. The number of ether oxygens (including phenoxy) is 1. The standard InChI is InChI=1S/C25H21ClN4O5/c1-2-29-24(33)28-23(30(25(29)34)15-16-6-8-18(26)9-7-16)27-19-10-12-20(13-11-19)35-21-5-3-4-17(14-21)22(31)32/h3-14H,2,15H2,1H3,(H,31,32)(H,27,28,33). The van der Waals surface area contributed by atoms with Crippen LogP contribution in [0.3, 0.4) is 0 Å². The number of aromatic amines is 1. The molecule has 1 heterocycles. The molecule has 178 valence electrons. The van der Waals surface area contributed by atoms with Gasteiger partial charge in [0.1, 0.15) is 11.5 Å². The van der Waals surface area contributed by atoms with Gasteiger partial charge in [0, 0.05) is 11.6 Å². The average Bonchev–Trinajstić information content (AvgIpc) is 2.84. The molecule has 1 aromatic heterocycles. The summed E-state index contributed by atoms with van der Waals surface area (Å²) in [4.78, 5) is 43.7. The number of carbonyl (C=O) groups is 1. The quantitative estimate of drug-likeness (QED) is 0.407. The van der Waals surface area contributed by atoms with Crippen molar-refractivity contribution in [2.75, 3.05) is 0 Å². The van der Waals surface area contributed by atoms with Crippen LogP contribution >= 0.6 is 11.6 Å². The summed E-state index contributed by atoms with van der Waals surface area (Å²) in [6.45, 7) is 2.11. The Hall–Kier alpha value is -4.37. The van der Waals surface area contributed by atoms with Gasteiger partial charge in [-0.1, -0.05) is 29.8 Å². The summed E-state index contributed by atoms with van der Waals surface area (Å²) in [5, 5.41) is 9.70. The van der Waals surface area contributed by atoms with Crippen molar-refractivity contribution < 1.29 is 14.6 Å². The maximum absolute atomic E-state index is 13.0. The molecule has 0 radical (unpaired) electrons. The van der Waals surface area contributed by atoms with Crippen LogP contribution in [0.5, 0.6) is 11.5 Å². The first-order chi connectivity index (χ1) is 16.8. The highest BCUT2D eigenvalue weighted by atomic mass is 35.5. The van der Waals surface area contributed by atoms with E-state index in [1.54, 1.807) is 67.6 Å². The van der Waals surface area contributed by atoms with Gasteiger partial charge in [0.15, 0.2) is 0 Å². The SMILES string of the molecule is CCn1c(=O)[nH]/c(=N\c2ccc(Oc3cccc(C(=O)O)c3)cc2)n(Cc2ccc(Cl)cc2)c1=O. The van der Waals surface area contributed by atoms with E-state index in [2.05, 4.69) is 9.98 Å². The van der Waals surface area contributed by atoms with Crippen molar-refractivity contribution in [2.45, 2.75) is 20.0 Å². The van der Waals surface area contributed by atoms with Gasteiger partial charge in [-0.15, -0.1) is 0 Å². The number of halogens is 1. The van der Waals surface area contributed by atoms with E-state index < -0.39 is 17.3 Å². The second-order valence-electron chi connectivity index (χ2n) is 7.53. The second kappa shape index (κ2) is 10.3. The zero-order valence-electron chi connectivity index (χ0n) is 18.6. The highest BCUT2D eigenvalue weighted by molar-refractivity contribution is 6.30. The van der Waals surface area contributed by atoms with Crippen molar-refractivity contribution in [1.29, 1.82) is 0 Å². The van der Waals surface area contributed by atoms with Gasteiger partial charge in [0.05, 0.1) is 17.8 Å². The summed E-state index contributed by atoms with van der Waals surface area (Å²) < 4.78 is 8.20. The number of hydrogen-bond acceptors (Lipinski definition) is 5. The van der Waals surface area contributed by atoms with E-state index in [-0.39, 0.29) is 24.3 Å². The number of aromatic nitrogens is 3. The first kappa shape index (κ1) is 23.8. The van der Waals surface area contributed by atoms with Crippen LogP contribution in [-0.4, -0.2) is 25.2 Å². The number of rotatable bonds is 7. The highest BCUT2D eigenvalue weighted by Gasteiger charge is 2.09. The highest BCUT2D eigenvalue weighted by Crippen LogP contribution is 2.24. The molecule has 4 rings (SSSR count). The monoisotopic (exact) mass is 492 g/mol. The summed E-state index contributed by atoms with van der Waals surface area (Å²) in [7, 11) is 0. The predicted molar refractivity (Wildman–Crippen MR) is 131 cm³/mol. The van der Waals surface area contributed by atoms with Gasteiger partial charge in [-0.3, -0.25) is 9.55 Å². The molecule has 0 aliphatic rings. The molecule has 0 amide bonds. The molecule has 0 spiro atoms. The van der Waals surface area contributed by atoms with Crippen LogP contribution in [0.4, 0.5) is 5.69 Å². The van der Waals surface area contributed by atoms with Gasteiger partial charge >= 0.3 is 17.3 Å². The molecule has 0 atom stereocenters. The summed E-state index contributed by atoms with van der Waals surface area (Å²) in [6.07, 6.45) is 0. The first-order valence-electron chi connectivity index (χ1n) is 10.7. The summed E-state index contributed by atoms with van der Waals surface area (Å²) in [5.74, 6) is -0.200. The van der Waals surface area contributed by atoms with Crippen LogP contribution in [0.1, 0.15) is 22.8 Å². The topological polar surface area (TPSA) is 119 Å². The number of nitrogens with one attached hydrogen (secondary N) is 1. The lowest BCUT2D eigenvalue weighted by Gasteiger charge is -2.10. The molecular formula is C25H21ClN4O5. The average molecular weight is 493 g/mol. The Morgan fingerprint density at radius 2 is 1.71 bits per heavy atom. The lowest BCUT2D eigenvalue weighted by molar-refractivity contribution is 0.0696. The largest absolute Gasteiger partial charge is 0.478 e. The number of H-pyrrole nitrogens is 1. The van der Waals surface area contributed by atoms with Crippen molar-refractivity contribution in [1.82, 2.24) is 14.1 Å². The normalized spacial score (nSPS) is 11.4. The van der Waals surface area contributed by atoms with Crippen molar-refractivity contribution in [2.24, 2.45) is 4.99 Å². The Bertz CT molecular complexity index is 1550. The molecule has 0 fully saturated rings. The summed E-state index contributed by atoms with van der Waals surface area (Å²) in [6, 6.07) is 19.8. The molecule has 4 aromatic rings. The van der Waals surface area contributed by atoms with Crippen LogP contribution in [0.25, 0.3) is 0 Å². The van der Waals surface area contributed by atoms with Gasteiger partial charge in [-0.25, -0.2) is 23.9 Å². The number of aromatic carboxylic acids is 1. The van der Waals surface area contributed by atoms with Crippen LogP contribution in [-0.2, 0) is 13.1 Å². The Labute approximate surface area is 204 Å². The van der Waals surface area contributed by atoms with Gasteiger partial charge in [0.25, 0.3) is 0 Å². The van der Waals surface area contributed by atoms with E-state index in [0.29, 0.717) is 22.2 Å². The van der Waals surface area contributed by atoms with Crippen molar-refractivity contribution in [3.63, 3.8) is 0 Å². The molecule has 0 aliphatic heterocycles. The van der Waals surface area contributed by atoms with Gasteiger partial charge in [0.2, 0.25) is 5.62 Å². The fourth-order valence-electron chi connectivity index (χ4n) is 3.38. The molecular weight excluding hydrogens is 472 g/mol. The third-order valence-electron chi connectivity index (χ3n) is 5.14. The Balaban J connectivity index is 1.68. The zero-order valence-corrected chi connectivity index (χ0v) is 19.4. The van der Waals surface area contributed by atoms with Crippen LogP contribution in [0.2, 0.25) is 5.02 Å². The Kier molecular flexibility index (Phi) is 6.98. The Morgan fingerprint density at radius 3 is 2.37 bits per heavy atom. The maximum atomic E-state index is 13.0. The zero-order chi connectivity index (χ0) is 24.9. The van der Waals surface area contributed by atoms with E-state index in [9.17, 15) is 14.4 Å². The summed E-state index contributed by atoms with van der Waals surface area (Å²) in [5.41, 5.74) is 0.471. The molecule has 3 aromatic carbocycles. The van der Waals surface area contributed by atoms with E-state index in [0.717, 1.165) is 10.1 Å².